The first kappa shape index (κ1) is 65.6. The van der Waals surface area contributed by atoms with Crippen LogP contribution in [0.5, 0.6) is 0 Å². The zero-order valence-electron chi connectivity index (χ0n) is 48.0. The zero-order valence-corrected chi connectivity index (χ0v) is 48.0. The lowest BCUT2D eigenvalue weighted by molar-refractivity contribution is -0.210. The third kappa shape index (κ3) is 22.6. The second kappa shape index (κ2) is 31.9. The van der Waals surface area contributed by atoms with Gasteiger partial charge in [0.25, 0.3) is 0 Å². The van der Waals surface area contributed by atoms with E-state index in [1.165, 1.54) is 60.7 Å². The molecule has 0 saturated carbocycles. The average Bonchev–Trinajstić information content (AvgIpc) is 3.63. The zero-order chi connectivity index (χ0) is 62.3. The summed E-state index contributed by atoms with van der Waals surface area (Å²) in [6.07, 6.45) is -8.81. The summed E-state index contributed by atoms with van der Waals surface area (Å²) < 4.78 is 26.5. The third-order valence-corrected chi connectivity index (χ3v) is 12.1. The maximum Gasteiger partial charge on any atom is 0.549 e. The third-order valence-electron chi connectivity index (χ3n) is 12.1. The molecular weight excluding hydrogens is 1120 g/mol. The van der Waals surface area contributed by atoms with Crippen molar-refractivity contribution in [1.82, 2.24) is 0 Å². The van der Waals surface area contributed by atoms with Crippen LogP contribution < -0.4 is 0 Å². The van der Waals surface area contributed by atoms with E-state index in [2.05, 4.69) is 34.2 Å². The van der Waals surface area contributed by atoms with Crippen LogP contribution in [-0.4, -0.2) is 93.7 Å². The summed E-state index contributed by atoms with van der Waals surface area (Å²) in [4.78, 5) is 176. The predicted molar refractivity (Wildman–Crippen MR) is 289 cm³/mol. The van der Waals surface area contributed by atoms with Crippen LogP contribution in [0.3, 0.4) is 0 Å². The van der Waals surface area contributed by atoms with Crippen molar-refractivity contribution in [2.75, 3.05) is 33.0 Å². The highest BCUT2D eigenvalue weighted by molar-refractivity contribution is 5.92. The van der Waals surface area contributed by atoms with Crippen molar-refractivity contribution in [2.24, 2.45) is 17.8 Å². The smallest absolute Gasteiger partial charge is 0.432 e. The number of hydrogen-bond donors (Lipinski definition) is 0. The normalized spacial score (nSPS) is 11.6. The van der Waals surface area contributed by atoms with Gasteiger partial charge in [-0.3, -0.25) is 0 Å². The molecule has 25 heteroatoms. The van der Waals surface area contributed by atoms with Gasteiger partial charge in [0.2, 0.25) is 0 Å². The maximum absolute atomic E-state index is 13.3. The summed E-state index contributed by atoms with van der Waals surface area (Å²) in [6, 6.07) is 23.6. The van der Waals surface area contributed by atoms with Crippen molar-refractivity contribution >= 4 is 60.6 Å². The van der Waals surface area contributed by atoms with Gasteiger partial charge in [-0.1, -0.05) is 86.0 Å². The molecule has 0 aliphatic rings. The summed E-state index contributed by atoms with van der Waals surface area (Å²) in [5.74, 6) is -9.38. The second-order valence-electron chi connectivity index (χ2n) is 19.8. The molecule has 5 aromatic carbocycles. The number of carbonyl (C=O) groups excluding carboxylic acids is 10. The topological polar surface area (TPSA) is 309 Å². The number of ether oxygens (including phenoxy) is 5. The van der Waals surface area contributed by atoms with Gasteiger partial charge in [-0.05, 0) is 143 Å². The molecule has 25 nitrogen and oxygen atoms in total. The highest BCUT2D eigenvalue weighted by Crippen LogP contribution is 2.30. The Hall–Kier alpha value is -10.2. The fourth-order valence-corrected chi connectivity index (χ4v) is 8.78. The molecule has 0 bridgehead atoms. The van der Waals surface area contributed by atoms with Gasteiger partial charge in [0.1, 0.15) is 0 Å². The van der Waals surface area contributed by atoms with Gasteiger partial charge in [0.15, 0.2) is 0 Å². The van der Waals surface area contributed by atoms with Gasteiger partial charge in [-0.2, -0.15) is 24.0 Å². The SMILES string of the molecule is Cc1cc(C)cc(C(=O)OOC(=O)OCCC(COC(=O)OOC(=O)c2cc(C)cc(C)c2)C(COC(=O)OOC(=O)c2cc(C)cc(C)c2)C(CCOC(=O)OOC(=O)c2cc(C)cc(C)c2)COC(=O)OOC(=O)c2cc(C)cc(C)c2)c1. The first-order valence-electron chi connectivity index (χ1n) is 26.0. The monoisotopic (exact) mass is 1180 g/mol. The van der Waals surface area contributed by atoms with Crippen LogP contribution in [0, 0.1) is 87.0 Å². The van der Waals surface area contributed by atoms with Crippen molar-refractivity contribution in [1.29, 1.82) is 0 Å². The Labute approximate surface area is 487 Å². The fraction of sp³-hybridized carbons (Fsp3) is 0.333. The Morgan fingerprint density at radius 1 is 0.259 bits per heavy atom. The Kier molecular flexibility index (Phi) is 24.6. The van der Waals surface area contributed by atoms with Gasteiger partial charge < -0.3 is 23.7 Å². The summed E-state index contributed by atoms with van der Waals surface area (Å²) in [7, 11) is 0. The van der Waals surface area contributed by atoms with Gasteiger partial charge in [0.05, 0.1) is 60.9 Å². The van der Waals surface area contributed by atoms with E-state index < -0.39 is 124 Å². The van der Waals surface area contributed by atoms with Crippen LogP contribution in [0.2, 0.25) is 0 Å². The number of carbonyl (C=O) groups is 10. The summed E-state index contributed by atoms with van der Waals surface area (Å²) >= 11 is 0. The molecule has 0 amide bonds. The van der Waals surface area contributed by atoms with Gasteiger partial charge in [-0.15, -0.1) is 0 Å². The fourth-order valence-electron chi connectivity index (χ4n) is 8.78. The average molecular weight is 1180 g/mol. The lowest BCUT2D eigenvalue weighted by Crippen LogP contribution is -2.37. The number of aryl methyl sites for hydroxylation is 10. The molecule has 0 aromatic heterocycles. The molecule has 452 valence electrons. The van der Waals surface area contributed by atoms with Gasteiger partial charge in [-0.25, -0.2) is 72.8 Å². The standard InChI is InChI=1S/C60H62O25/c1-33-15-34(2)21-45(20-33)51(61)76-81-56(66)71-13-11-43(30-73-58(68)83-78-53(63)47-24-37(5)17-38(6)25-47)50(32-75-60(70)85-80-55(65)49-28-41(9)19-42(10)29-49)44(31-74-59(69)84-79-54(64)48-26-39(7)18-40(8)27-48)12-14-72-57(67)82-77-52(62)46-22-35(3)16-36(4)23-46/h15-29,43-44,50H,11-14,30-32H2,1-10H3. The molecule has 5 rings (SSSR count). The first-order valence-corrected chi connectivity index (χ1v) is 26.0. The Morgan fingerprint density at radius 3 is 0.659 bits per heavy atom. The van der Waals surface area contributed by atoms with Crippen molar-refractivity contribution in [2.45, 2.75) is 82.1 Å². The lowest BCUT2D eigenvalue weighted by atomic mass is 9.79. The largest absolute Gasteiger partial charge is 0.549 e. The number of hydrogen-bond acceptors (Lipinski definition) is 25. The first-order chi connectivity index (χ1) is 40.3. The minimum absolute atomic E-state index is 0.00725. The molecule has 0 spiro atoms. The maximum atomic E-state index is 13.3. The van der Waals surface area contributed by atoms with E-state index in [-0.39, 0.29) is 27.8 Å². The van der Waals surface area contributed by atoms with E-state index in [0.29, 0.717) is 55.6 Å². The quantitative estimate of drug-likeness (QED) is 0.0321. The number of rotatable bonds is 19. The van der Waals surface area contributed by atoms with Gasteiger partial charge in [0, 0.05) is 17.8 Å². The van der Waals surface area contributed by atoms with Crippen molar-refractivity contribution in [3.8, 4) is 0 Å². The summed E-state index contributed by atoms with van der Waals surface area (Å²) in [6.45, 7) is 13.3. The molecule has 0 aliphatic carbocycles. The van der Waals surface area contributed by atoms with Crippen molar-refractivity contribution < 1.29 is 121 Å². The Balaban J connectivity index is 1.43. The lowest BCUT2D eigenvalue weighted by Gasteiger charge is -2.32. The van der Waals surface area contributed by atoms with Gasteiger partial charge >= 0.3 is 60.6 Å². The number of benzene rings is 5. The Morgan fingerprint density at radius 2 is 0.447 bits per heavy atom. The van der Waals surface area contributed by atoms with Crippen LogP contribution >= 0.6 is 0 Å². The van der Waals surface area contributed by atoms with Crippen LogP contribution in [0.4, 0.5) is 24.0 Å². The Bertz CT molecular complexity index is 3000. The summed E-state index contributed by atoms with van der Waals surface area (Å²) in [5, 5.41) is 0. The van der Waals surface area contributed by atoms with Crippen LogP contribution in [0.25, 0.3) is 0 Å². The molecule has 0 saturated heterocycles. The molecule has 0 aliphatic heterocycles. The molecular formula is C60H62O25. The summed E-state index contributed by atoms with van der Waals surface area (Å²) in [5.41, 5.74) is 7.03. The molecule has 0 heterocycles. The van der Waals surface area contributed by atoms with E-state index >= 15 is 0 Å². The molecule has 0 radical (unpaired) electrons. The van der Waals surface area contributed by atoms with E-state index in [1.807, 2.05) is 0 Å². The van der Waals surface area contributed by atoms with Crippen LogP contribution in [0.1, 0.15) is 120 Å². The molecule has 85 heavy (non-hydrogen) atoms. The van der Waals surface area contributed by atoms with Crippen LogP contribution in [-0.2, 0) is 72.6 Å². The molecule has 0 N–H and O–H groups in total. The molecule has 2 unspecified atom stereocenters. The van der Waals surface area contributed by atoms with E-state index in [4.69, 9.17) is 38.3 Å². The van der Waals surface area contributed by atoms with Crippen LogP contribution in [0.15, 0.2) is 91.0 Å². The van der Waals surface area contributed by atoms with E-state index in [1.54, 1.807) is 99.6 Å². The van der Waals surface area contributed by atoms with Crippen molar-refractivity contribution in [3.63, 3.8) is 0 Å². The minimum Gasteiger partial charge on any atom is -0.432 e. The van der Waals surface area contributed by atoms with Crippen molar-refractivity contribution in [3.05, 3.63) is 174 Å². The highest BCUT2D eigenvalue weighted by atomic mass is 17.3. The highest BCUT2D eigenvalue weighted by Gasteiger charge is 2.35. The van der Waals surface area contributed by atoms with E-state index in [9.17, 15) is 47.9 Å². The molecule has 2 atom stereocenters. The predicted octanol–water partition coefficient (Wildman–Crippen LogP) is 11.3. The second-order valence-corrected chi connectivity index (χ2v) is 19.8. The molecule has 0 fully saturated rings. The molecule has 5 aromatic rings. The minimum atomic E-state index is -1.63. The van der Waals surface area contributed by atoms with E-state index in [0.717, 1.165) is 0 Å².